The Morgan fingerprint density at radius 2 is 1.75 bits per heavy atom. The van der Waals surface area contributed by atoms with Gasteiger partial charge < -0.3 is 18.9 Å². The molecule has 2 rings (SSSR count). The van der Waals surface area contributed by atoms with Crippen molar-refractivity contribution in [2.75, 3.05) is 20.8 Å². The topological polar surface area (TPSA) is 78.4 Å². The molecule has 0 aliphatic rings. The van der Waals surface area contributed by atoms with Gasteiger partial charge in [-0.25, -0.2) is 5.43 Å². The molecule has 0 saturated carbocycles. The summed E-state index contributed by atoms with van der Waals surface area (Å²) in [7, 11) is 3.11. The van der Waals surface area contributed by atoms with Gasteiger partial charge in [-0.2, -0.15) is 5.10 Å². The van der Waals surface area contributed by atoms with Crippen LogP contribution in [0.5, 0.6) is 23.0 Å². The second-order valence-electron chi connectivity index (χ2n) is 6.07. The lowest BCUT2D eigenvalue weighted by Gasteiger charge is -2.14. The molecule has 28 heavy (non-hydrogen) atoms. The van der Waals surface area contributed by atoms with Gasteiger partial charge in [0, 0.05) is 5.56 Å². The largest absolute Gasteiger partial charge is 0.493 e. The highest BCUT2D eigenvalue weighted by atomic mass is 16.5. The maximum absolute atomic E-state index is 12.3. The van der Waals surface area contributed by atoms with E-state index in [1.165, 1.54) is 13.3 Å². The molecule has 0 atom stereocenters. The van der Waals surface area contributed by atoms with Gasteiger partial charge in [0.15, 0.2) is 23.0 Å². The van der Waals surface area contributed by atoms with Crippen LogP contribution < -0.4 is 24.4 Å². The monoisotopic (exact) mass is 386 g/mol. The summed E-state index contributed by atoms with van der Waals surface area (Å²) in [6.07, 6.45) is 1.54. The molecule has 0 saturated heterocycles. The van der Waals surface area contributed by atoms with Gasteiger partial charge in [0.05, 0.1) is 33.1 Å². The summed E-state index contributed by atoms with van der Waals surface area (Å²) in [5.74, 6) is 1.97. The Balaban J connectivity index is 2.08. The maximum atomic E-state index is 12.3. The molecule has 1 N–H and O–H groups in total. The van der Waals surface area contributed by atoms with E-state index in [0.29, 0.717) is 35.2 Å². The van der Waals surface area contributed by atoms with Gasteiger partial charge in [0.25, 0.3) is 5.91 Å². The molecule has 0 spiro atoms. The first kappa shape index (κ1) is 21.1. The van der Waals surface area contributed by atoms with E-state index in [4.69, 9.17) is 18.9 Å². The maximum Gasteiger partial charge on any atom is 0.271 e. The van der Waals surface area contributed by atoms with E-state index in [1.54, 1.807) is 37.4 Å². The van der Waals surface area contributed by atoms with Crippen molar-refractivity contribution in [3.63, 3.8) is 0 Å². The van der Waals surface area contributed by atoms with E-state index in [9.17, 15) is 4.79 Å². The van der Waals surface area contributed by atoms with Gasteiger partial charge in [-0.1, -0.05) is 0 Å². The molecule has 0 heterocycles. The van der Waals surface area contributed by atoms with Gasteiger partial charge in [0.2, 0.25) is 0 Å². The van der Waals surface area contributed by atoms with Crippen molar-refractivity contribution < 1.29 is 23.7 Å². The number of ether oxygens (including phenoxy) is 4. The molecule has 0 aliphatic carbocycles. The Labute approximate surface area is 165 Å². The number of benzene rings is 2. The van der Waals surface area contributed by atoms with E-state index >= 15 is 0 Å². The Morgan fingerprint density at radius 1 is 1.04 bits per heavy atom. The number of methoxy groups -OCH3 is 2. The summed E-state index contributed by atoms with van der Waals surface area (Å²) in [6.45, 7) is 6.26. The van der Waals surface area contributed by atoms with E-state index < -0.39 is 0 Å². The Bertz CT molecular complexity index is 834. The van der Waals surface area contributed by atoms with Crippen LogP contribution in [0.15, 0.2) is 41.5 Å². The van der Waals surface area contributed by atoms with Crippen molar-refractivity contribution >= 4 is 12.1 Å². The first-order chi connectivity index (χ1) is 13.5. The fourth-order valence-electron chi connectivity index (χ4n) is 2.43. The zero-order chi connectivity index (χ0) is 20.5. The first-order valence-electron chi connectivity index (χ1n) is 8.97. The second kappa shape index (κ2) is 10.2. The van der Waals surface area contributed by atoms with Crippen LogP contribution in [0.4, 0.5) is 0 Å². The average molecular weight is 386 g/mol. The number of carbonyl (C=O) groups is 1. The van der Waals surface area contributed by atoms with E-state index in [0.717, 1.165) is 5.56 Å². The van der Waals surface area contributed by atoms with Crippen LogP contribution >= 0.6 is 0 Å². The molecular weight excluding hydrogens is 360 g/mol. The van der Waals surface area contributed by atoms with Crippen molar-refractivity contribution in [1.82, 2.24) is 5.43 Å². The first-order valence-corrected chi connectivity index (χ1v) is 8.97. The normalized spacial score (nSPS) is 10.8. The third-order valence-electron chi connectivity index (χ3n) is 3.66. The smallest absolute Gasteiger partial charge is 0.271 e. The minimum Gasteiger partial charge on any atom is -0.493 e. The minimum atomic E-state index is -0.357. The third-order valence-corrected chi connectivity index (χ3v) is 3.66. The Morgan fingerprint density at radius 3 is 2.39 bits per heavy atom. The Hall–Kier alpha value is -3.22. The van der Waals surface area contributed by atoms with Crippen LogP contribution in [0.1, 0.15) is 36.7 Å². The number of amides is 1. The van der Waals surface area contributed by atoms with Crippen LogP contribution in [0.2, 0.25) is 0 Å². The van der Waals surface area contributed by atoms with Gasteiger partial charge in [-0.3, -0.25) is 4.79 Å². The summed E-state index contributed by atoms with van der Waals surface area (Å²) in [5.41, 5.74) is 3.68. The van der Waals surface area contributed by atoms with Gasteiger partial charge in [-0.15, -0.1) is 0 Å². The summed E-state index contributed by atoms with van der Waals surface area (Å²) >= 11 is 0. The molecule has 0 aliphatic heterocycles. The van der Waals surface area contributed by atoms with Crippen molar-refractivity contribution in [3.8, 4) is 23.0 Å². The van der Waals surface area contributed by atoms with Crippen molar-refractivity contribution in [2.24, 2.45) is 5.10 Å². The van der Waals surface area contributed by atoms with E-state index in [2.05, 4.69) is 10.5 Å². The number of hydrogen-bond donors (Lipinski definition) is 1. The van der Waals surface area contributed by atoms with Gasteiger partial charge >= 0.3 is 0 Å². The highest BCUT2D eigenvalue weighted by Crippen LogP contribution is 2.29. The number of hydrogen-bond acceptors (Lipinski definition) is 6. The van der Waals surface area contributed by atoms with Crippen molar-refractivity contribution in [3.05, 3.63) is 47.5 Å². The molecule has 0 aromatic heterocycles. The van der Waals surface area contributed by atoms with Crippen LogP contribution in [-0.2, 0) is 0 Å². The third kappa shape index (κ3) is 5.64. The summed E-state index contributed by atoms with van der Waals surface area (Å²) < 4.78 is 21.7. The van der Waals surface area contributed by atoms with Gasteiger partial charge in [-0.05, 0) is 62.7 Å². The molecule has 0 fully saturated rings. The summed E-state index contributed by atoms with van der Waals surface area (Å²) in [4.78, 5) is 12.3. The van der Waals surface area contributed by atoms with Crippen molar-refractivity contribution in [2.45, 2.75) is 26.9 Å². The summed E-state index contributed by atoms with van der Waals surface area (Å²) in [6, 6.07) is 10.4. The lowest BCUT2D eigenvalue weighted by Crippen LogP contribution is -2.18. The fourth-order valence-corrected chi connectivity index (χ4v) is 2.43. The predicted octanol–water partition coefficient (Wildman–Crippen LogP) is 3.65. The second-order valence-corrected chi connectivity index (χ2v) is 6.07. The lowest BCUT2D eigenvalue weighted by atomic mass is 10.2. The van der Waals surface area contributed by atoms with Gasteiger partial charge in [0.1, 0.15) is 0 Å². The zero-order valence-corrected chi connectivity index (χ0v) is 16.8. The van der Waals surface area contributed by atoms with Crippen molar-refractivity contribution in [1.29, 1.82) is 0 Å². The van der Waals surface area contributed by atoms with E-state index in [-0.39, 0.29) is 12.0 Å². The van der Waals surface area contributed by atoms with Crippen LogP contribution in [-0.4, -0.2) is 39.1 Å². The molecule has 0 radical (unpaired) electrons. The van der Waals surface area contributed by atoms with Crippen LogP contribution in [0.25, 0.3) is 0 Å². The SMILES string of the molecule is CCOc1cc(/C=N/NC(=O)c2ccc(OC(C)C)c(OC)c2)ccc1OC. The van der Waals surface area contributed by atoms with Crippen LogP contribution in [0.3, 0.4) is 0 Å². The average Bonchev–Trinajstić information content (AvgIpc) is 2.68. The number of hydrazone groups is 1. The quantitative estimate of drug-likeness (QED) is 0.526. The molecule has 2 aromatic rings. The zero-order valence-electron chi connectivity index (χ0n) is 16.8. The summed E-state index contributed by atoms with van der Waals surface area (Å²) in [5, 5.41) is 4.01. The molecule has 0 bridgehead atoms. The Kier molecular flexibility index (Phi) is 7.68. The lowest BCUT2D eigenvalue weighted by molar-refractivity contribution is 0.0954. The highest BCUT2D eigenvalue weighted by molar-refractivity contribution is 5.95. The molecule has 0 unspecified atom stereocenters. The number of rotatable bonds is 9. The molecule has 7 heteroatoms. The minimum absolute atomic E-state index is 0.00394. The molecule has 150 valence electrons. The number of nitrogens with one attached hydrogen (secondary N) is 1. The molecule has 2 aromatic carbocycles. The highest BCUT2D eigenvalue weighted by Gasteiger charge is 2.12. The molecule has 7 nitrogen and oxygen atoms in total. The molecular formula is C21H26N2O5. The predicted molar refractivity (Wildman–Crippen MR) is 108 cm³/mol. The number of carbonyl (C=O) groups excluding carboxylic acids is 1. The number of nitrogens with zero attached hydrogens (tertiary/aromatic N) is 1. The fraction of sp³-hybridized carbons (Fsp3) is 0.333. The van der Waals surface area contributed by atoms with Crippen LogP contribution in [0, 0.1) is 0 Å². The standard InChI is InChI=1S/C21H26N2O5/c1-6-27-20-11-15(7-9-17(20)25-4)13-22-23-21(24)16-8-10-18(28-14(2)3)19(12-16)26-5/h7-14H,6H2,1-5H3,(H,23,24)/b22-13+. The molecule has 1 amide bonds. The van der Waals surface area contributed by atoms with E-state index in [1.807, 2.05) is 26.8 Å².